The molecule has 15 heavy (non-hydrogen) atoms. The number of hydrogen-bond acceptors (Lipinski definition) is 1. The minimum absolute atomic E-state index is 0. The summed E-state index contributed by atoms with van der Waals surface area (Å²) in [7, 11) is 0. The third-order valence-corrected chi connectivity index (χ3v) is 3.79. The number of rotatable bonds is 1. The number of halogens is 1. The summed E-state index contributed by atoms with van der Waals surface area (Å²) >= 11 is 0. The van der Waals surface area contributed by atoms with Gasteiger partial charge in [-0.2, -0.15) is 0 Å². The minimum Gasteiger partial charge on any atom is -0.328 e. The van der Waals surface area contributed by atoms with E-state index in [4.69, 9.17) is 5.73 Å². The van der Waals surface area contributed by atoms with E-state index in [2.05, 4.69) is 6.08 Å². The lowest BCUT2D eigenvalue weighted by Crippen LogP contribution is -2.23. The number of nitrogens with two attached hydrogens (primary N) is 1. The molecule has 2 heteroatoms. The molecule has 0 aromatic carbocycles. The van der Waals surface area contributed by atoms with Gasteiger partial charge in [-0.15, -0.1) is 12.4 Å². The maximum Gasteiger partial charge on any atom is 0.00449 e. The molecule has 0 aromatic rings. The Morgan fingerprint density at radius 2 is 1.53 bits per heavy atom. The van der Waals surface area contributed by atoms with Gasteiger partial charge in [-0.05, 0) is 44.4 Å². The molecule has 0 aromatic heterocycles. The van der Waals surface area contributed by atoms with Gasteiger partial charge in [0.05, 0.1) is 0 Å². The Morgan fingerprint density at radius 3 is 2.13 bits per heavy atom. The van der Waals surface area contributed by atoms with E-state index in [1.165, 1.54) is 57.8 Å². The summed E-state index contributed by atoms with van der Waals surface area (Å²) in [6, 6.07) is 0.485. The van der Waals surface area contributed by atoms with Crippen LogP contribution in [0.4, 0.5) is 0 Å². The second kappa shape index (κ2) is 6.55. The van der Waals surface area contributed by atoms with E-state index in [0.29, 0.717) is 6.04 Å². The van der Waals surface area contributed by atoms with E-state index in [9.17, 15) is 0 Å². The standard InChI is InChI=1S/C13H23N.ClH/c14-13-8-6-12(7-9-13)10-11-4-2-1-3-5-11;/h10-11,13H,1-9,14H2;1H. The highest BCUT2D eigenvalue weighted by molar-refractivity contribution is 5.85. The predicted octanol–water partition coefficient (Wildman–Crippen LogP) is 3.82. The van der Waals surface area contributed by atoms with Gasteiger partial charge in [-0.1, -0.05) is 30.9 Å². The molecular formula is C13H24ClN. The van der Waals surface area contributed by atoms with E-state index in [-0.39, 0.29) is 12.4 Å². The van der Waals surface area contributed by atoms with Gasteiger partial charge in [0.2, 0.25) is 0 Å². The molecule has 0 amide bonds. The van der Waals surface area contributed by atoms with Crippen LogP contribution >= 0.6 is 12.4 Å². The molecule has 88 valence electrons. The molecule has 2 N–H and O–H groups in total. The second-order valence-corrected chi connectivity index (χ2v) is 5.06. The Bertz CT molecular complexity index is 197. The maximum absolute atomic E-state index is 5.90. The minimum atomic E-state index is 0. The molecule has 2 aliphatic rings. The fourth-order valence-electron chi connectivity index (χ4n) is 2.81. The molecule has 0 atom stereocenters. The van der Waals surface area contributed by atoms with Crippen LogP contribution in [0.15, 0.2) is 11.6 Å². The van der Waals surface area contributed by atoms with E-state index in [1.807, 2.05) is 0 Å². The zero-order valence-electron chi connectivity index (χ0n) is 9.58. The quantitative estimate of drug-likeness (QED) is 0.680. The molecule has 2 aliphatic carbocycles. The summed E-state index contributed by atoms with van der Waals surface area (Å²) in [5.74, 6) is 0.910. The van der Waals surface area contributed by atoms with Gasteiger partial charge >= 0.3 is 0 Å². The highest BCUT2D eigenvalue weighted by atomic mass is 35.5. The maximum atomic E-state index is 5.90. The molecule has 0 heterocycles. The van der Waals surface area contributed by atoms with Crippen LogP contribution in [0.5, 0.6) is 0 Å². The molecule has 2 fully saturated rings. The van der Waals surface area contributed by atoms with Crippen molar-refractivity contribution in [1.82, 2.24) is 0 Å². The number of allylic oxidation sites excluding steroid dienone is 2. The van der Waals surface area contributed by atoms with Crippen LogP contribution in [0.1, 0.15) is 57.8 Å². The van der Waals surface area contributed by atoms with Crippen molar-refractivity contribution < 1.29 is 0 Å². The highest BCUT2D eigenvalue weighted by Crippen LogP contribution is 2.29. The van der Waals surface area contributed by atoms with Gasteiger partial charge in [0.1, 0.15) is 0 Å². The Kier molecular flexibility index (Phi) is 5.70. The molecular weight excluding hydrogens is 206 g/mol. The van der Waals surface area contributed by atoms with Crippen molar-refractivity contribution in [2.45, 2.75) is 63.8 Å². The Morgan fingerprint density at radius 1 is 0.933 bits per heavy atom. The summed E-state index contributed by atoms with van der Waals surface area (Å²) in [6.07, 6.45) is 14.8. The number of hydrogen-bond donors (Lipinski definition) is 1. The Balaban J connectivity index is 0.00000112. The third-order valence-electron chi connectivity index (χ3n) is 3.79. The molecule has 1 nitrogen and oxygen atoms in total. The van der Waals surface area contributed by atoms with Crippen LogP contribution in [0.3, 0.4) is 0 Å². The van der Waals surface area contributed by atoms with Gasteiger partial charge in [0.15, 0.2) is 0 Å². The highest BCUT2D eigenvalue weighted by Gasteiger charge is 2.15. The summed E-state index contributed by atoms with van der Waals surface area (Å²) < 4.78 is 0. The molecule has 0 unspecified atom stereocenters. The van der Waals surface area contributed by atoms with E-state index in [0.717, 1.165) is 5.92 Å². The van der Waals surface area contributed by atoms with Crippen molar-refractivity contribution in [3.05, 3.63) is 11.6 Å². The SMILES string of the molecule is Cl.NC1CCC(=CC2CCCCC2)CC1. The van der Waals surface area contributed by atoms with E-state index >= 15 is 0 Å². The topological polar surface area (TPSA) is 26.0 Å². The summed E-state index contributed by atoms with van der Waals surface area (Å²) in [4.78, 5) is 0. The van der Waals surface area contributed by atoms with Gasteiger partial charge in [0.25, 0.3) is 0 Å². The molecule has 2 rings (SSSR count). The molecule has 0 radical (unpaired) electrons. The first-order valence-corrected chi connectivity index (χ1v) is 6.30. The van der Waals surface area contributed by atoms with Crippen LogP contribution in [0.2, 0.25) is 0 Å². The van der Waals surface area contributed by atoms with Crippen molar-refractivity contribution in [2.75, 3.05) is 0 Å². The molecule has 0 saturated heterocycles. The average Bonchev–Trinajstić information content (AvgIpc) is 2.23. The van der Waals surface area contributed by atoms with Crippen molar-refractivity contribution in [3.63, 3.8) is 0 Å². The van der Waals surface area contributed by atoms with Gasteiger partial charge in [-0.25, -0.2) is 0 Å². The van der Waals surface area contributed by atoms with Crippen LogP contribution in [0, 0.1) is 5.92 Å². The van der Waals surface area contributed by atoms with Gasteiger partial charge in [-0.3, -0.25) is 0 Å². The molecule has 0 spiro atoms. The first-order valence-electron chi connectivity index (χ1n) is 6.30. The summed E-state index contributed by atoms with van der Waals surface area (Å²) in [5.41, 5.74) is 7.61. The predicted molar refractivity (Wildman–Crippen MR) is 68.3 cm³/mol. The molecule has 0 bridgehead atoms. The zero-order chi connectivity index (χ0) is 9.80. The van der Waals surface area contributed by atoms with Crippen LogP contribution in [-0.2, 0) is 0 Å². The zero-order valence-corrected chi connectivity index (χ0v) is 10.4. The largest absolute Gasteiger partial charge is 0.328 e. The third kappa shape index (κ3) is 4.16. The summed E-state index contributed by atoms with van der Waals surface area (Å²) in [6.45, 7) is 0. The van der Waals surface area contributed by atoms with Crippen LogP contribution in [-0.4, -0.2) is 6.04 Å². The lowest BCUT2D eigenvalue weighted by atomic mass is 9.84. The van der Waals surface area contributed by atoms with Crippen molar-refractivity contribution >= 4 is 12.4 Å². The Hall–Kier alpha value is -0.0100. The smallest absolute Gasteiger partial charge is 0.00449 e. The molecule has 2 saturated carbocycles. The first kappa shape index (κ1) is 13.1. The normalized spacial score (nSPS) is 28.3. The Labute approximate surface area is 99.9 Å². The summed E-state index contributed by atoms with van der Waals surface area (Å²) in [5, 5.41) is 0. The average molecular weight is 230 g/mol. The lowest BCUT2D eigenvalue weighted by Gasteiger charge is -2.24. The van der Waals surface area contributed by atoms with Crippen molar-refractivity contribution in [2.24, 2.45) is 11.7 Å². The van der Waals surface area contributed by atoms with Crippen LogP contribution in [0.25, 0.3) is 0 Å². The molecule has 0 aliphatic heterocycles. The monoisotopic (exact) mass is 229 g/mol. The van der Waals surface area contributed by atoms with Crippen molar-refractivity contribution in [3.8, 4) is 0 Å². The van der Waals surface area contributed by atoms with Crippen molar-refractivity contribution in [1.29, 1.82) is 0 Å². The van der Waals surface area contributed by atoms with E-state index in [1.54, 1.807) is 5.57 Å². The fraction of sp³-hybridized carbons (Fsp3) is 0.846. The van der Waals surface area contributed by atoms with Gasteiger partial charge < -0.3 is 5.73 Å². The lowest BCUT2D eigenvalue weighted by molar-refractivity contribution is 0.412. The van der Waals surface area contributed by atoms with E-state index < -0.39 is 0 Å². The second-order valence-electron chi connectivity index (χ2n) is 5.06. The first-order chi connectivity index (χ1) is 6.84. The van der Waals surface area contributed by atoms with Crippen LogP contribution < -0.4 is 5.73 Å². The fourth-order valence-corrected chi connectivity index (χ4v) is 2.81. The van der Waals surface area contributed by atoms with Gasteiger partial charge in [0, 0.05) is 6.04 Å².